The molecule has 6 nitrogen and oxygen atoms in total. The Kier molecular flexibility index (Phi) is 5.68. The number of aryl methyl sites for hydroxylation is 2. The number of hydrogen-bond acceptors (Lipinski definition) is 3. The number of benzene rings is 1. The highest BCUT2D eigenvalue weighted by molar-refractivity contribution is 6.22. The zero-order valence-corrected chi connectivity index (χ0v) is 16.8. The van der Waals surface area contributed by atoms with E-state index in [0.717, 1.165) is 21.9 Å². The van der Waals surface area contributed by atoms with Crippen LogP contribution in [0, 0.1) is 19.8 Å². The molecule has 6 heteroatoms. The van der Waals surface area contributed by atoms with E-state index in [0.29, 0.717) is 30.5 Å². The Balaban J connectivity index is 1.73. The van der Waals surface area contributed by atoms with Gasteiger partial charge in [-0.1, -0.05) is 26.0 Å². The van der Waals surface area contributed by atoms with Gasteiger partial charge in [0.2, 0.25) is 5.91 Å². The van der Waals surface area contributed by atoms with Gasteiger partial charge < -0.3 is 10.3 Å². The molecule has 1 aliphatic rings. The third-order valence-corrected chi connectivity index (χ3v) is 5.09. The van der Waals surface area contributed by atoms with Crippen LogP contribution in [0.3, 0.4) is 0 Å². The van der Waals surface area contributed by atoms with E-state index in [1.807, 2.05) is 27.7 Å². The highest BCUT2D eigenvalue weighted by Gasteiger charge is 2.42. The third-order valence-electron chi connectivity index (χ3n) is 5.09. The number of aromatic nitrogens is 1. The molecule has 28 heavy (non-hydrogen) atoms. The lowest BCUT2D eigenvalue weighted by Crippen LogP contribution is -2.50. The molecule has 1 aromatic carbocycles. The van der Waals surface area contributed by atoms with E-state index in [1.54, 1.807) is 24.3 Å². The summed E-state index contributed by atoms with van der Waals surface area (Å²) in [6.07, 6.45) is 1.12. The van der Waals surface area contributed by atoms with Crippen molar-refractivity contribution in [2.24, 2.45) is 5.92 Å². The second kappa shape index (κ2) is 8.00. The number of imide groups is 1. The number of carbonyl (C=O) groups is 3. The van der Waals surface area contributed by atoms with Crippen LogP contribution < -0.4 is 5.32 Å². The summed E-state index contributed by atoms with van der Waals surface area (Å²) in [6, 6.07) is 7.99. The number of rotatable bonds is 7. The zero-order valence-electron chi connectivity index (χ0n) is 16.8. The summed E-state index contributed by atoms with van der Waals surface area (Å²) >= 11 is 0. The van der Waals surface area contributed by atoms with Crippen molar-refractivity contribution < 1.29 is 14.4 Å². The van der Waals surface area contributed by atoms with Crippen LogP contribution in [0.15, 0.2) is 30.3 Å². The van der Waals surface area contributed by atoms with Crippen LogP contribution in [-0.4, -0.2) is 40.2 Å². The molecule has 0 aliphatic carbocycles. The monoisotopic (exact) mass is 381 g/mol. The summed E-state index contributed by atoms with van der Waals surface area (Å²) in [4.78, 5) is 42.9. The summed E-state index contributed by atoms with van der Waals surface area (Å²) < 4.78 is 0. The van der Waals surface area contributed by atoms with E-state index in [9.17, 15) is 14.4 Å². The van der Waals surface area contributed by atoms with Crippen molar-refractivity contribution in [3.63, 3.8) is 0 Å². The van der Waals surface area contributed by atoms with E-state index >= 15 is 0 Å². The summed E-state index contributed by atoms with van der Waals surface area (Å²) in [6.45, 7) is 8.41. The Morgan fingerprint density at radius 3 is 2.21 bits per heavy atom. The molecule has 2 aromatic rings. The Morgan fingerprint density at radius 2 is 1.71 bits per heavy atom. The van der Waals surface area contributed by atoms with Crippen molar-refractivity contribution in [1.82, 2.24) is 15.2 Å². The molecular formula is C22H27N3O3. The fraction of sp³-hybridized carbons (Fsp3) is 0.409. The van der Waals surface area contributed by atoms with Crippen molar-refractivity contribution in [2.75, 3.05) is 6.54 Å². The maximum atomic E-state index is 12.9. The number of carbonyl (C=O) groups excluding carboxylic acids is 3. The predicted molar refractivity (Wildman–Crippen MR) is 107 cm³/mol. The maximum Gasteiger partial charge on any atom is 0.262 e. The molecule has 2 N–H and O–H groups in total. The van der Waals surface area contributed by atoms with Crippen molar-refractivity contribution >= 4 is 17.7 Å². The molecule has 3 amide bonds. The van der Waals surface area contributed by atoms with E-state index in [4.69, 9.17) is 0 Å². The first-order valence-corrected chi connectivity index (χ1v) is 9.69. The Morgan fingerprint density at radius 1 is 1.11 bits per heavy atom. The van der Waals surface area contributed by atoms with Gasteiger partial charge in [-0.05, 0) is 56.4 Å². The highest BCUT2D eigenvalue weighted by Crippen LogP contribution is 2.27. The molecule has 1 atom stereocenters. The van der Waals surface area contributed by atoms with Crippen LogP contribution >= 0.6 is 0 Å². The second-order valence-electron chi connectivity index (χ2n) is 7.81. The topological polar surface area (TPSA) is 82.3 Å². The van der Waals surface area contributed by atoms with Crippen molar-refractivity contribution in [3.05, 3.63) is 58.4 Å². The first kappa shape index (κ1) is 19.9. The summed E-state index contributed by atoms with van der Waals surface area (Å²) in [5, 5.41) is 2.92. The van der Waals surface area contributed by atoms with E-state index in [1.165, 1.54) is 0 Å². The number of nitrogens with one attached hydrogen (secondary N) is 2. The van der Waals surface area contributed by atoms with Crippen LogP contribution in [0.1, 0.15) is 57.9 Å². The minimum absolute atomic E-state index is 0.162. The lowest BCUT2D eigenvalue weighted by atomic mass is 10.0. The predicted octanol–water partition coefficient (Wildman–Crippen LogP) is 3.00. The molecule has 1 aliphatic heterocycles. The molecule has 0 fully saturated rings. The third kappa shape index (κ3) is 3.86. The Bertz CT molecular complexity index is 879. The molecule has 0 saturated heterocycles. The fourth-order valence-corrected chi connectivity index (χ4v) is 3.75. The van der Waals surface area contributed by atoms with Crippen LogP contribution in [-0.2, 0) is 11.2 Å². The highest BCUT2D eigenvalue weighted by atomic mass is 16.2. The minimum Gasteiger partial charge on any atom is -0.362 e. The molecular weight excluding hydrogens is 354 g/mol. The number of hydrogen-bond donors (Lipinski definition) is 2. The summed E-state index contributed by atoms with van der Waals surface area (Å²) in [5.41, 5.74) is 4.06. The van der Waals surface area contributed by atoms with Crippen molar-refractivity contribution in [1.29, 1.82) is 0 Å². The van der Waals surface area contributed by atoms with Crippen LogP contribution in [0.25, 0.3) is 0 Å². The quantitative estimate of drug-likeness (QED) is 0.724. The van der Waals surface area contributed by atoms with Gasteiger partial charge in [-0.3, -0.25) is 19.3 Å². The number of aromatic amines is 1. The summed E-state index contributed by atoms with van der Waals surface area (Å²) in [7, 11) is 0. The normalized spacial score (nSPS) is 14.5. The molecule has 148 valence electrons. The van der Waals surface area contributed by atoms with Crippen molar-refractivity contribution in [2.45, 2.75) is 46.6 Å². The van der Waals surface area contributed by atoms with Gasteiger partial charge in [0.05, 0.1) is 11.1 Å². The first-order valence-electron chi connectivity index (χ1n) is 9.69. The van der Waals surface area contributed by atoms with Gasteiger partial charge in [0.1, 0.15) is 6.04 Å². The average Bonchev–Trinajstić information content (AvgIpc) is 3.09. The number of amides is 3. The lowest BCUT2D eigenvalue weighted by molar-refractivity contribution is -0.125. The van der Waals surface area contributed by atoms with Crippen LogP contribution in [0.5, 0.6) is 0 Å². The van der Waals surface area contributed by atoms with Gasteiger partial charge in [-0.2, -0.15) is 0 Å². The molecule has 0 radical (unpaired) electrons. The van der Waals surface area contributed by atoms with Crippen LogP contribution in [0.2, 0.25) is 0 Å². The first-order chi connectivity index (χ1) is 13.3. The smallest absolute Gasteiger partial charge is 0.262 e. The number of H-pyrrole nitrogens is 1. The summed E-state index contributed by atoms with van der Waals surface area (Å²) in [5.74, 6) is -0.903. The molecule has 1 aromatic heterocycles. The number of fused-ring (bicyclic) bond motifs is 1. The Hall–Kier alpha value is -2.89. The van der Waals surface area contributed by atoms with Crippen molar-refractivity contribution in [3.8, 4) is 0 Å². The largest absolute Gasteiger partial charge is 0.362 e. The molecule has 0 bridgehead atoms. The standard InChI is InChI=1S/C22H27N3O3/c1-13(2)11-19(20(26)23-10-9-16-12-14(3)24-15(16)4)25-21(27)17-7-5-6-8-18(17)22(25)28/h5-8,12-13,19,24H,9-11H2,1-4H3,(H,23,26). The van der Waals surface area contributed by atoms with Crippen LogP contribution in [0.4, 0.5) is 0 Å². The van der Waals surface area contributed by atoms with Gasteiger partial charge in [-0.15, -0.1) is 0 Å². The van der Waals surface area contributed by atoms with E-state index in [-0.39, 0.29) is 11.8 Å². The molecule has 3 rings (SSSR count). The molecule has 2 heterocycles. The average molecular weight is 381 g/mol. The van der Waals surface area contributed by atoms with Gasteiger partial charge >= 0.3 is 0 Å². The minimum atomic E-state index is -0.804. The van der Waals surface area contributed by atoms with Gasteiger partial charge in [0.15, 0.2) is 0 Å². The SMILES string of the molecule is Cc1cc(CCNC(=O)C(CC(C)C)N2C(=O)c3ccccc3C2=O)c(C)[nH]1. The van der Waals surface area contributed by atoms with E-state index in [2.05, 4.69) is 16.4 Å². The van der Waals surface area contributed by atoms with Gasteiger partial charge in [0, 0.05) is 17.9 Å². The lowest BCUT2D eigenvalue weighted by Gasteiger charge is -2.26. The maximum absolute atomic E-state index is 12.9. The van der Waals surface area contributed by atoms with E-state index < -0.39 is 17.9 Å². The zero-order chi connectivity index (χ0) is 20.4. The molecule has 0 saturated carbocycles. The fourth-order valence-electron chi connectivity index (χ4n) is 3.75. The second-order valence-corrected chi connectivity index (χ2v) is 7.81. The van der Waals surface area contributed by atoms with Gasteiger partial charge in [0.25, 0.3) is 11.8 Å². The molecule has 0 spiro atoms. The van der Waals surface area contributed by atoms with Gasteiger partial charge in [-0.25, -0.2) is 0 Å². The molecule has 1 unspecified atom stereocenters. The number of nitrogens with zero attached hydrogens (tertiary/aromatic N) is 1. The Labute approximate surface area is 165 Å².